The summed E-state index contributed by atoms with van der Waals surface area (Å²) in [7, 11) is 0. The summed E-state index contributed by atoms with van der Waals surface area (Å²) in [6, 6.07) is -0.0737. The van der Waals surface area contributed by atoms with Gasteiger partial charge in [0.2, 0.25) is 11.8 Å². The number of amides is 2. The molecule has 0 radical (unpaired) electrons. The molecule has 1 fully saturated rings. The van der Waals surface area contributed by atoms with Gasteiger partial charge in [0.1, 0.15) is 0 Å². The number of carbonyl (C=O) groups excluding carboxylic acids is 2. The second kappa shape index (κ2) is 9.77. The van der Waals surface area contributed by atoms with E-state index in [-0.39, 0.29) is 36.4 Å². The van der Waals surface area contributed by atoms with E-state index in [9.17, 15) is 9.59 Å². The number of hydrogen-bond donors (Lipinski definition) is 3. The first kappa shape index (κ1) is 18.0. The molecule has 0 saturated heterocycles. The normalized spacial score (nSPS) is 18.8. The van der Waals surface area contributed by atoms with Crippen LogP contribution in [0.4, 0.5) is 0 Å². The van der Waals surface area contributed by atoms with Crippen molar-refractivity contribution in [3.8, 4) is 0 Å². The van der Waals surface area contributed by atoms with Crippen LogP contribution in [-0.2, 0) is 9.59 Å². The second-order valence-corrected chi connectivity index (χ2v) is 6.28. The quantitative estimate of drug-likeness (QED) is 0.638. The molecule has 2 unspecified atom stereocenters. The van der Waals surface area contributed by atoms with Gasteiger partial charge < -0.3 is 15.7 Å². The molecule has 0 spiro atoms. The molecule has 3 N–H and O–H groups in total. The molecule has 0 aromatic heterocycles. The highest BCUT2D eigenvalue weighted by Gasteiger charge is 2.22. The summed E-state index contributed by atoms with van der Waals surface area (Å²) in [5.74, 6) is 0.188. The minimum Gasteiger partial charge on any atom is -0.396 e. The number of aliphatic hydroxyl groups excluding tert-OH is 1. The first-order valence-corrected chi connectivity index (χ1v) is 8.23. The third-order valence-corrected chi connectivity index (χ3v) is 4.06. The molecule has 0 bridgehead atoms. The van der Waals surface area contributed by atoms with E-state index in [2.05, 4.69) is 10.6 Å². The van der Waals surface area contributed by atoms with Crippen LogP contribution in [0.5, 0.6) is 0 Å². The zero-order chi connectivity index (χ0) is 15.7. The summed E-state index contributed by atoms with van der Waals surface area (Å²) in [5, 5.41) is 14.6. The van der Waals surface area contributed by atoms with E-state index >= 15 is 0 Å². The Morgan fingerprint density at radius 1 is 1.10 bits per heavy atom. The number of rotatable bonds is 8. The highest BCUT2D eigenvalue weighted by atomic mass is 16.3. The SMILES string of the molecule is CC(CCCO)NC(=O)CC(C)NC(=O)C1CCCCC1. The van der Waals surface area contributed by atoms with Crippen LogP contribution in [0.3, 0.4) is 0 Å². The van der Waals surface area contributed by atoms with E-state index in [0.29, 0.717) is 12.8 Å². The third kappa shape index (κ3) is 7.46. The van der Waals surface area contributed by atoms with Crippen LogP contribution in [0.2, 0.25) is 0 Å². The average molecular weight is 298 g/mol. The lowest BCUT2D eigenvalue weighted by Crippen LogP contribution is -2.42. The number of nitrogens with one attached hydrogen (secondary N) is 2. The summed E-state index contributed by atoms with van der Waals surface area (Å²) in [5.41, 5.74) is 0. The monoisotopic (exact) mass is 298 g/mol. The molecule has 1 rings (SSSR count). The standard InChI is InChI=1S/C16H30N2O3/c1-12(7-6-10-19)17-15(20)11-13(2)18-16(21)14-8-4-3-5-9-14/h12-14,19H,3-11H2,1-2H3,(H,17,20)(H,18,21). The molecule has 2 amide bonds. The molecule has 0 aromatic rings. The topological polar surface area (TPSA) is 78.4 Å². The van der Waals surface area contributed by atoms with Gasteiger partial charge in [0.05, 0.1) is 0 Å². The summed E-state index contributed by atoms with van der Waals surface area (Å²) in [6.07, 6.45) is 7.21. The van der Waals surface area contributed by atoms with Gasteiger partial charge in [-0.05, 0) is 39.5 Å². The molecule has 5 nitrogen and oxygen atoms in total. The molecule has 1 aliphatic rings. The minimum atomic E-state index is -0.135. The van der Waals surface area contributed by atoms with Crippen molar-refractivity contribution in [3.63, 3.8) is 0 Å². The van der Waals surface area contributed by atoms with Crippen molar-refractivity contribution in [1.82, 2.24) is 10.6 Å². The predicted octanol–water partition coefficient (Wildman–Crippen LogP) is 1.74. The van der Waals surface area contributed by atoms with Crippen LogP contribution in [0, 0.1) is 5.92 Å². The van der Waals surface area contributed by atoms with E-state index in [1.807, 2.05) is 13.8 Å². The number of carbonyl (C=O) groups is 2. The maximum atomic E-state index is 12.1. The van der Waals surface area contributed by atoms with Crippen molar-refractivity contribution in [3.05, 3.63) is 0 Å². The Hall–Kier alpha value is -1.10. The van der Waals surface area contributed by atoms with Gasteiger partial charge in [-0.25, -0.2) is 0 Å². The van der Waals surface area contributed by atoms with E-state index in [1.165, 1.54) is 6.42 Å². The van der Waals surface area contributed by atoms with Crippen molar-refractivity contribution in [2.75, 3.05) is 6.61 Å². The van der Waals surface area contributed by atoms with Gasteiger partial charge in [0.25, 0.3) is 0 Å². The van der Waals surface area contributed by atoms with Crippen molar-refractivity contribution in [2.45, 2.75) is 77.3 Å². The predicted molar refractivity (Wildman–Crippen MR) is 82.7 cm³/mol. The fourth-order valence-corrected chi connectivity index (χ4v) is 2.86. The molecule has 122 valence electrons. The van der Waals surface area contributed by atoms with Crippen molar-refractivity contribution >= 4 is 11.8 Å². The molecule has 0 aromatic carbocycles. The summed E-state index contributed by atoms with van der Waals surface area (Å²) in [4.78, 5) is 23.9. The largest absolute Gasteiger partial charge is 0.396 e. The molecular weight excluding hydrogens is 268 g/mol. The van der Waals surface area contributed by atoms with Crippen molar-refractivity contribution in [1.29, 1.82) is 0 Å². The lowest BCUT2D eigenvalue weighted by molar-refractivity contribution is -0.127. The molecular formula is C16H30N2O3. The fourth-order valence-electron chi connectivity index (χ4n) is 2.86. The highest BCUT2D eigenvalue weighted by molar-refractivity contribution is 5.81. The third-order valence-electron chi connectivity index (χ3n) is 4.06. The van der Waals surface area contributed by atoms with Crippen LogP contribution >= 0.6 is 0 Å². The van der Waals surface area contributed by atoms with E-state index in [1.54, 1.807) is 0 Å². The highest BCUT2D eigenvalue weighted by Crippen LogP contribution is 2.23. The van der Waals surface area contributed by atoms with E-state index in [4.69, 9.17) is 5.11 Å². The van der Waals surface area contributed by atoms with E-state index < -0.39 is 0 Å². The molecule has 21 heavy (non-hydrogen) atoms. The van der Waals surface area contributed by atoms with Gasteiger partial charge in [-0.1, -0.05) is 19.3 Å². The van der Waals surface area contributed by atoms with Gasteiger partial charge >= 0.3 is 0 Å². The van der Waals surface area contributed by atoms with Crippen molar-refractivity contribution in [2.24, 2.45) is 5.92 Å². The van der Waals surface area contributed by atoms with Gasteiger partial charge in [-0.15, -0.1) is 0 Å². The lowest BCUT2D eigenvalue weighted by Gasteiger charge is -2.23. The van der Waals surface area contributed by atoms with Crippen LogP contribution in [0.1, 0.15) is 65.2 Å². The number of aliphatic hydroxyl groups is 1. The second-order valence-electron chi connectivity index (χ2n) is 6.28. The Balaban J connectivity index is 2.23. The van der Waals surface area contributed by atoms with Crippen LogP contribution < -0.4 is 10.6 Å². The summed E-state index contributed by atoms with van der Waals surface area (Å²) >= 11 is 0. The Labute approximate surface area is 127 Å². The smallest absolute Gasteiger partial charge is 0.223 e. The van der Waals surface area contributed by atoms with Gasteiger partial charge in [0, 0.05) is 31.0 Å². The van der Waals surface area contributed by atoms with Gasteiger partial charge in [-0.2, -0.15) is 0 Å². The fraction of sp³-hybridized carbons (Fsp3) is 0.875. The maximum absolute atomic E-state index is 12.1. The molecule has 5 heteroatoms. The molecule has 0 heterocycles. The van der Waals surface area contributed by atoms with Gasteiger partial charge in [-0.3, -0.25) is 9.59 Å². The summed E-state index contributed by atoms with van der Waals surface area (Å²) < 4.78 is 0. The Bertz CT molecular complexity index is 327. The first-order chi connectivity index (χ1) is 10.0. The van der Waals surface area contributed by atoms with Crippen LogP contribution in [0.15, 0.2) is 0 Å². The lowest BCUT2D eigenvalue weighted by atomic mass is 9.88. The van der Waals surface area contributed by atoms with E-state index in [0.717, 1.165) is 32.1 Å². The molecule has 0 aliphatic heterocycles. The maximum Gasteiger partial charge on any atom is 0.223 e. The zero-order valence-electron chi connectivity index (χ0n) is 13.4. The minimum absolute atomic E-state index is 0.0446. The van der Waals surface area contributed by atoms with Crippen LogP contribution in [-0.4, -0.2) is 35.6 Å². The zero-order valence-corrected chi connectivity index (χ0v) is 13.4. The number of hydrogen-bond acceptors (Lipinski definition) is 3. The first-order valence-electron chi connectivity index (χ1n) is 8.23. The Kier molecular flexibility index (Phi) is 8.35. The Morgan fingerprint density at radius 2 is 1.76 bits per heavy atom. The summed E-state index contributed by atoms with van der Waals surface area (Å²) in [6.45, 7) is 3.95. The van der Waals surface area contributed by atoms with Gasteiger partial charge in [0.15, 0.2) is 0 Å². The molecule has 1 aliphatic carbocycles. The molecule has 1 saturated carbocycles. The van der Waals surface area contributed by atoms with Crippen LogP contribution in [0.25, 0.3) is 0 Å². The molecule has 2 atom stereocenters. The average Bonchev–Trinajstić information content (AvgIpc) is 2.45. The Morgan fingerprint density at radius 3 is 2.38 bits per heavy atom. The van der Waals surface area contributed by atoms with Crippen molar-refractivity contribution < 1.29 is 14.7 Å².